The van der Waals surface area contributed by atoms with Gasteiger partial charge >= 0.3 is 0 Å². The average Bonchev–Trinajstić information content (AvgIpc) is 2.34. The van der Waals surface area contributed by atoms with Gasteiger partial charge in [-0.3, -0.25) is 4.79 Å². The van der Waals surface area contributed by atoms with E-state index in [-0.39, 0.29) is 4.83 Å². The van der Waals surface area contributed by atoms with E-state index in [4.69, 9.17) is 0 Å². The Kier molecular flexibility index (Phi) is 2.56. The van der Waals surface area contributed by atoms with E-state index in [9.17, 15) is 4.79 Å². The lowest BCUT2D eigenvalue weighted by atomic mass is 10.5. The lowest BCUT2D eigenvalue weighted by Gasteiger charge is -1.92. The Morgan fingerprint density at radius 1 is 1.90 bits per heavy atom. The van der Waals surface area contributed by atoms with E-state index in [2.05, 4.69) is 20.9 Å². The maximum atomic E-state index is 10.2. The summed E-state index contributed by atoms with van der Waals surface area (Å²) in [6.07, 6.45) is 2.40. The smallest absolute Gasteiger partial charge is 0.161 e. The zero-order valence-corrected chi connectivity index (χ0v) is 7.78. The summed E-state index contributed by atoms with van der Waals surface area (Å²) in [5, 5.41) is 0.946. The number of nitrogens with zero attached hydrogens (tertiary/aromatic N) is 1. The van der Waals surface area contributed by atoms with Crippen molar-refractivity contribution in [1.82, 2.24) is 4.98 Å². The van der Waals surface area contributed by atoms with Crippen LogP contribution in [-0.2, 0) is 0 Å². The molecular formula is C6H6BrNOS. The third-order valence-corrected chi connectivity index (χ3v) is 2.84. The summed E-state index contributed by atoms with van der Waals surface area (Å²) in [6, 6.07) is 0. The van der Waals surface area contributed by atoms with Crippen LogP contribution >= 0.6 is 27.3 Å². The Hall–Kier alpha value is -0.220. The van der Waals surface area contributed by atoms with Gasteiger partial charge in [-0.15, -0.1) is 11.3 Å². The summed E-state index contributed by atoms with van der Waals surface area (Å²) in [6.45, 7) is 1.98. The predicted molar refractivity (Wildman–Crippen MR) is 44.8 cm³/mol. The van der Waals surface area contributed by atoms with Crippen LogP contribution in [0.4, 0.5) is 0 Å². The first-order chi connectivity index (χ1) is 4.74. The minimum Gasteiger partial charge on any atom is -0.297 e. The zero-order chi connectivity index (χ0) is 7.56. The lowest BCUT2D eigenvalue weighted by Crippen LogP contribution is -1.77. The van der Waals surface area contributed by atoms with Crippen molar-refractivity contribution in [3.8, 4) is 0 Å². The number of halogens is 1. The van der Waals surface area contributed by atoms with E-state index in [1.54, 1.807) is 6.20 Å². The molecule has 0 spiro atoms. The molecule has 1 atom stereocenters. The Morgan fingerprint density at radius 2 is 2.60 bits per heavy atom. The van der Waals surface area contributed by atoms with Crippen LogP contribution < -0.4 is 0 Å². The fourth-order valence-electron chi connectivity index (χ4n) is 0.539. The highest BCUT2D eigenvalue weighted by Gasteiger charge is 2.05. The molecule has 1 aromatic rings. The van der Waals surface area contributed by atoms with Gasteiger partial charge in [0.2, 0.25) is 0 Å². The molecular weight excluding hydrogens is 214 g/mol. The molecule has 0 saturated heterocycles. The van der Waals surface area contributed by atoms with E-state index >= 15 is 0 Å². The van der Waals surface area contributed by atoms with E-state index in [0.29, 0.717) is 4.88 Å². The van der Waals surface area contributed by atoms with Gasteiger partial charge in [-0.1, -0.05) is 15.9 Å². The molecule has 0 aliphatic heterocycles. The first-order valence-corrected chi connectivity index (χ1v) is 4.52. The average molecular weight is 220 g/mol. The molecule has 1 heterocycles. The second-order valence-corrected chi connectivity index (χ2v) is 4.30. The van der Waals surface area contributed by atoms with Gasteiger partial charge in [0.05, 0.1) is 9.70 Å². The van der Waals surface area contributed by atoms with Gasteiger partial charge in [-0.25, -0.2) is 4.98 Å². The van der Waals surface area contributed by atoms with Crippen LogP contribution in [0.1, 0.15) is 26.4 Å². The number of alkyl halides is 1. The van der Waals surface area contributed by atoms with Crippen molar-refractivity contribution in [1.29, 1.82) is 0 Å². The summed E-state index contributed by atoms with van der Waals surface area (Å²) in [7, 11) is 0. The maximum Gasteiger partial charge on any atom is 0.161 e. The molecule has 0 aromatic carbocycles. The van der Waals surface area contributed by atoms with Crippen LogP contribution in [0.25, 0.3) is 0 Å². The molecule has 0 N–H and O–H groups in total. The van der Waals surface area contributed by atoms with Crippen LogP contribution in [0.5, 0.6) is 0 Å². The molecule has 54 valence electrons. The van der Waals surface area contributed by atoms with Crippen LogP contribution in [0.15, 0.2) is 6.20 Å². The minimum absolute atomic E-state index is 0.242. The topological polar surface area (TPSA) is 30.0 Å². The maximum absolute atomic E-state index is 10.2. The van der Waals surface area contributed by atoms with E-state index in [0.717, 1.165) is 11.3 Å². The van der Waals surface area contributed by atoms with Crippen LogP contribution in [0.3, 0.4) is 0 Å². The number of thiazole rings is 1. The van der Waals surface area contributed by atoms with Crippen LogP contribution in [-0.4, -0.2) is 11.3 Å². The second kappa shape index (κ2) is 3.25. The minimum atomic E-state index is 0.242. The van der Waals surface area contributed by atoms with Crippen molar-refractivity contribution >= 4 is 33.6 Å². The molecule has 1 rings (SSSR count). The molecule has 10 heavy (non-hydrogen) atoms. The fourth-order valence-corrected chi connectivity index (χ4v) is 1.60. The molecule has 0 aliphatic rings. The highest BCUT2D eigenvalue weighted by molar-refractivity contribution is 9.09. The molecule has 0 fully saturated rings. The standard InChI is InChI=1S/C6H6BrNOS/c1-4(7)6-8-2-5(3-9)10-6/h2-4H,1H3. The van der Waals surface area contributed by atoms with Crippen molar-refractivity contribution in [2.45, 2.75) is 11.8 Å². The molecule has 4 heteroatoms. The van der Waals surface area contributed by atoms with Gasteiger partial charge in [-0.05, 0) is 6.92 Å². The monoisotopic (exact) mass is 219 g/mol. The number of aromatic nitrogens is 1. The van der Waals surface area contributed by atoms with Crippen molar-refractivity contribution in [2.75, 3.05) is 0 Å². The normalized spacial score (nSPS) is 13.0. The number of carbonyl (C=O) groups excluding carboxylic acids is 1. The van der Waals surface area contributed by atoms with Gasteiger partial charge in [0.15, 0.2) is 6.29 Å². The van der Waals surface area contributed by atoms with Crippen molar-refractivity contribution < 1.29 is 4.79 Å². The fraction of sp³-hybridized carbons (Fsp3) is 0.333. The first-order valence-electron chi connectivity index (χ1n) is 2.79. The number of hydrogen-bond donors (Lipinski definition) is 0. The van der Waals surface area contributed by atoms with E-state index in [1.165, 1.54) is 11.3 Å². The summed E-state index contributed by atoms with van der Waals surface area (Å²) in [5.41, 5.74) is 0. The molecule has 0 aliphatic carbocycles. The molecule has 0 radical (unpaired) electrons. The number of hydrogen-bond acceptors (Lipinski definition) is 3. The second-order valence-electron chi connectivity index (χ2n) is 1.83. The highest BCUT2D eigenvalue weighted by Crippen LogP contribution is 2.24. The number of rotatable bonds is 2. The van der Waals surface area contributed by atoms with Gasteiger partial charge in [0.25, 0.3) is 0 Å². The number of aldehydes is 1. The molecule has 0 amide bonds. The third-order valence-electron chi connectivity index (χ3n) is 0.998. The summed E-state index contributed by atoms with van der Waals surface area (Å²) in [4.78, 5) is 15.1. The summed E-state index contributed by atoms with van der Waals surface area (Å²) in [5.74, 6) is 0. The van der Waals surface area contributed by atoms with Gasteiger partial charge in [-0.2, -0.15) is 0 Å². The van der Waals surface area contributed by atoms with Gasteiger partial charge in [0, 0.05) is 6.20 Å². The highest BCUT2D eigenvalue weighted by atomic mass is 79.9. The molecule has 1 unspecified atom stereocenters. The Bertz CT molecular complexity index is 233. The van der Waals surface area contributed by atoms with Crippen molar-refractivity contribution in [3.63, 3.8) is 0 Å². The SMILES string of the molecule is CC(Br)c1ncc(C=O)s1. The quantitative estimate of drug-likeness (QED) is 0.565. The summed E-state index contributed by atoms with van der Waals surface area (Å²) >= 11 is 4.77. The third kappa shape index (κ3) is 1.64. The Balaban J connectivity index is 2.88. The van der Waals surface area contributed by atoms with Gasteiger partial charge in [0.1, 0.15) is 5.01 Å². The largest absolute Gasteiger partial charge is 0.297 e. The molecule has 2 nitrogen and oxygen atoms in total. The Labute approximate surface area is 71.4 Å². The van der Waals surface area contributed by atoms with E-state index < -0.39 is 0 Å². The predicted octanol–water partition coefficient (Wildman–Crippen LogP) is 2.41. The molecule has 1 aromatic heterocycles. The first kappa shape index (κ1) is 7.88. The van der Waals surface area contributed by atoms with Crippen LogP contribution in [0, 0.1) is 0 Å². The van der Waals surface area contributed by atoms with Crippen LogP contribution in [0.2, 0.25) is 0 Å². The Morgan fingerprint density at radius 3 is 2.90 bits per heavy atom. The number of carbonyl (C=O) groups is 1. The van der Waals surface area contributed by atoms with Gasteiger partial charge < -0.3 is 0 Å². The molecule has 0 bridgehead atoms. The van der Waals surface area contributed by atoms with Crippen molar-refractivity contribution in [3.05, 3.63) is 16.1 Å². The summed E-state index contributed by atoms with van der Waals surface area (Å²) < 4.78 is 0. The van der Waals surface area contributed by atoms with E-state index in [1.807, 2.05) is 6.92 Å². The zero-order valence-electron chi connectivity index (χ0n) is 5.37. The lowest BCUT2D eigenvalue weighted by molar-refractivity contribution is 0.112. The molecule has 0 saturated carbocycles. The van der Waals surface area contributed by atoms with Crippen molar-refractivity contribution in [2.24, 2.45) is 0 Å².